The maximum Gasteiger partial charge on any atom is 0.306 e. The van der Waals surface area contributed by atoms with Crippen LogP contribution >= 0.6 is 0 Å². The van der Waals surface area contributed by atoms with Gasteiger partial charge < -0.3 is 14.2 Å². The zero-order chi connectivity index (χ0) is 55.0. The van der Waals surface area contributed by atoms with Crippen LogP contribution in [0.4, 0.5) is 0 Å². The first kappa shape index (κ1) is 73.9. The van der Waals surface area contributed by atoms with Crippen LogP contribution in [-0.2, 0) is 28.6 Å². The second kappa shape index (κ2) is 65.4. The van der Waals surface area contributed by atoms with Gasteiger partial charge in [-0.2, -0.15) is 0 Å². The van der Waals surface area contributed by atoms with E-state index in [1.165, 1.54) is 283 Å². The molecule has 0 saturated heterocycles. The van der Waals surface area contributed by atoms with Gasteiger partial charge >= 0.3 is 17.9 Å². The molecule has 1 atom stereocenters. The Hall–Kier alpha value is -2.11. The first-order chi connectivity index (χ1) is 37.5. The minimum atomic E-state index is -0.770. The molecular weight excluding hydrogens is 937 g/mol. The molecule has 0 aromatic heterocycles. The average molecular weight is 1070 g/mol. The van der Waals surface area contributed by atoms with Gasteiger partial charge in [0.25, 0.3) is 0 Å². The summed E-state index contributed by atoms with van der Waals surface area (Å²) >= 11 is 0. The zero-order valence-corrected chi connectivity index (χ0v) is 51.6. The largest absolute Gasteiger partial charge is 0.462 e. The van der Waals surface area contributed by atoms with Gasteiger partial charge in [-0.3, -0.25) is 14.4 Å². The van der Waals surface area contributed by atoms with E-state index in [9.17, 15) is 14.4 Å². The van der Waals surface area contributed by atoms with Crippen molar-refractivity contribution in [3.63, 3.8) is 0 Å². The van der Waals surface area contributed by atoms with E-state index >= 15 is 0 Å². The third-order valence-electron chi connectivity index (χ3n) is 15.7. The van der Waals surface area contributed by atoms with Crippen LogP contribution in [0.15, 0.2) is 24.3 Å². The fraction of sp³-hybridized carbons (Fsp3) is 0.900. The topological polar surface area (TPSA) is 78.9 Å². The van der Waals surface area contributed by atoms with Crippen LogP contribution in [0.1, 0.15) is 387 Å². The van der Waals surface area contributed by atoms with E-state index in [1.54, 1.807) is 0 Å². The van der Waals surface area contributed by atoms with Crippen molar-refractivity contribution in [2.24, 2.45) is 0 Å². The van der Waals surface area contributed by atoms with Gasteiger partial charge in [0, 0.05) is 19.3 Å². The fourth-order valence-corrected chi connectivity index (χ4v) is 10.5. The van der Waals surface area contributed by atoms with Crippen molar-refractivity contribution >= 4 is 17.9 Å². The fourth-order valence-electron chi connectivity index (χ4n) is 10.5. The lowest BCUT2D eigenvalue weighted by Crippen LogP contribution is -2.30. The van der Waals surface area contributed by atoms with E-state index < -0.39 is 6.10 Å². The normalized spacial score (nSPS) is 12.1. The average Bonchev–Trinajstić information content (AvgIpc) is 3.42. The molecule has 0 aromatic rings. The van der Waals surface area contributed by atoms with Gasteiger partial charge in [-0.05, 0) is 64.2 Å². The second-order valence-electron chi connectivity index (χ2n) is 23.4. The van der Waals surface area contributed by atoms with Crippen molar-refractivity contribution in [3.8, 4) is 0 Å². The van der Waals surface area contributed by atoms with Crippen molar-refractivity contribution in [2.45, 2.75) is 393 Å². The molecule has 1 unspecified atom stereocenters. The smallest absolute Gasteiger partial charge is 0.306 e. The molecule has 0 saturated carbocycles. The summed E-state index contributed by atoms with van der Waals surface area (Å²) in [6.07, 6.45) is 79.3. The standard InChI is InChI=1S/C70H132O6/c1-4-7-10-13-16-19-22-24-26-28-29-30-31-32-33-34-35-36-37-38-39-40-41-42-44-45-48-51-54-57-60-63-69(72)75-66-67(65-74-68(71)62-59-56-53-50-47-21-18-15-12-9-6-3)76-70(73)64-61-58-55-52-49-46-43-27-25-23-20-17-14-11-8-5-2/h15,18,28-29,67H,4-14,16-17,19-27,30-66H2,1-3H3/b18-15-,29-28-. The highest BCUT2D eigenvalue weighted by Crippen LogP contribution is 2.18. The highest BCUT2D eigenvalue weighted by atomic mass is 16.6. The summed E-state index contributed by atoms with van der Waals surface area (Å²) in [6, 6.07) is 0. The van der Waals surface area contributed by atoms with Crippen LogP contribution in [0.25, 0.3) is 0 Å². The molecule has 0 N–H and O–H groups in total. The molecular formula is C70H132O6. The highest BCUT2D eigenvalue weighted by molar-refractivity contribution is 5.71. The predicted molar refractivity (Wildman–Crippen MR) is 330 cm³/mol. The molecule has 0 fully saturated rings. The van der Waals surface area contributed by atoms with Gasteiger partial charge in [0.1, 0.15) is 13.2 Å². The van der Waals surface area contributed by atoms with Gasteiger partial charge in [-0.25, -0.2) is 0 Å². The summed E-state index contributed by atoms with van der Waals surface area (Å²) in [5, 5.41) is 0. The maximum absolute atomic E-state index is 12.9. The molecule has 0 amide bonds. The number of carbonyl (C=O) groups excluding carboxylic acids is 3. The Morgan fingerprint density at radius 1 is 0.250 bits per heavy atom. The number of ether oxygens (including phenoxy) is 3. The van der Waals surface area contributed by atoms with Gasteiger partial charge in [0.05, 0.1) is 0 Å². The first-order valence-corrected chi connectivity index (χ1v) is 34.3. The van der Waals surface area contributed by atoms with E-state index in [2.05, 4.69) is 45.1 Å². The van der Waals surface area contributed by atoms with Gasteiger partial charge in [-0.15, -0.1) is 0 Å². The van der Waals surface area contributed by atoms with Crippen molar-refractivity contribution in [2.75, 3.05) is 13.2 Å². The number of rotatable bonds is 64. The van der Waals surface area contributed by atoms with E-state index in [-0.39, 0.29) is 31.1 Å². The van der Waals surface area contributed by atoms with Crippen molar-refractivity contribution < 1.29 is 28.6 Å². The Labute approximate surface area is 474 Å². The van der Waals surface area contributed by atoms with E-state index in [1.807, 2.05) is 0 Å². The minimum Gasteiger partial charge on any atom is -0.462 e. The van der Waals surface area contributed by atoms with Crippen molar-refractivity contribution in [1.82, 2.24) is 0 Å². The van der Waals surface area contributed by atoms with Crippen LogP contribution in [0, 0.1) is 0 Å². The Balaban J connectivity index is 4.07. The van der Waals surface area contributed by atoms with Crippen LogP contribution in [0.2, 0.25) is 0 Å². The van der Waals surface area contributed by atoms with Gasteiger partial charge in [0.2, 0.25) is 0 Å². The van der Waals surface area contributed by atoms with Crippen LogP contribution in [-0.4, -0.2) is 37.2 Å². The molecule has 6 heteroatoms. The molecule has 0 aromatic carbocycles. The first-order valence-electron chi connectivity index (χ1n) is 34.3. The molecule has 0 spiro atoms. The SMILES string of the molecule is CCCC/C=C\CCCCCCCC(=O)OCC(COC(=O)CCCCCCCCCCCCCCCCCCCCC/C=C\CCCCCCCCCC)OC(=O)CCCCCCCCCCCCCCCCCC. The molecule has 0 radical (unpaired) electrons. The van der Waals surface area contributed by atoms with Gasteiger partial charge in [0.15, 0.2) is 6.10 Å². The molecule has 0 bridgehead atoms. The number of carbonyl (C=O) groups is 3. The number of hydrogen-bond donors (Lipinski definition) is 0. The summed E-state index contributed by atoms with van der Waals surface area (Å²) in [6.45, 7) is 6.66. The number of unbranched alkanes of at least 4 members (excludes halogenated alkanes) is 49. The molecule has 448 valence electrons. The highest BCUT2D eigenvalue weighted by Gasteiger charge is 2.19. The Morgan fingerprint density at radius 3 is 0.697 bits per heavy atom. The van der Waals surface area contributed by atoms with Gasteiger partial charge in [-0.1, -0.05) is 328 Å². The summed E-state index contributed by atoms with van der Waals surface area (Å²) in [5.41, 5.74) is 0. The Bertz CT molecular complexity index is 1230. The number of esters is 3. The molecule has 0 aliphatic carbocycles. The van der Waals surface area contributed by atoms with Crippen LogP contribution in [0.3, 0.4) is 0 Å². The lowest BCUT2D eigenvalue weighted by molar-refractivity contribution is -0.167. The Kier molecular flexibility index (Phi) is 63.6. The number of allylic oxidation sites excluding steroid dienone is 4. The summed E-state index contributed by atoms with van der Waals surface area (Å²) < 4.78 is 16.9. The third kappa shape index (κ3) is 62.7. The van der Waals surface area contributed by atoms with Crippen molar-refractivity contribution in [3.05, 3.63) is 24.3 Å². The summed E-state index contributed by atoms with van der Waals surface area (Å²) in [5.74, 6) is -0.850. The van der Waals surface area contributed by atoms with Crippen molar-refractivity contribution in [1.29, 1.82) is 0 Å². The zero-order valence-electron chi connectivity index (χ0n) is 51.6. The number of hydrogen-bond acceptors (Lipinski definition) is 6. The quantitative estimate of drug-likeness (QED) is 0.0261. The van der Waals surface area contributed by atoms with E-state index in [0.717, 1.165) is 64.2 Å². The predicted octanol–water partition coefficient (Wildman–Crippen LogP) is 23.4. The van der Waals surface area contributed by atoms with Crippen LogP contribution in [0.5, 0.6) is 0 Å². The second-order valence-corrected chi connectivity index (χ2v) is 23.4. The third-order valence-corrected chi connectivity index (χ3v) is 15.7. The monoisotopic (exact) mass is 1070 g/mol. The summed E-state index contributed by atoms with van der Waals surface area (Å²) in [4.78, 5) is 38.2. The van der Waals surface area contributed by atoms with E-state index in [4.69, 9.17) is 14.2 Å². The maximum atomic E-state index is 12.9. The molecule has 0 aliphatic heterocycles. The van der Waals surface area contributed by atoms with Crippen LogP contribution < -0.4 is 0 Å². The lowest BCUT2D eigenvalue weighted by atomic mass is 10.0. The van der Waals surface area contributed by atoms with E-state index in [0.29, 0.717) is 19.3 Å². The molecule has 6 nitrogen and oxygen atoms in total. The molecule has 0 heterocycles. The molecule has 0 rings (SSSR count). The minimum absolute atomic E-state index is 0.0677. The molecule has 76 heavy (non-hydrogen) atoms. The lowest BCUT2D eigenvalue weighted by Gasteiger charge is -2.18. The summed E-state index contributed by atoms with van der Waals surface area (Å²) in [7, 11) is 0. The molecule has 0 aliphatic rings. The Morgan fingerprint density at radius 2 is 0.447 bits per heavy atom.